The topological polar surface area (TPSA) is 133 Å². The van der Waals surface area contributed by atoms with Gasteiger partial charge in [-0.2, -0.15) is 15.5 Å². The normalized spacial score (nSPS) is 12.7. The fourth-order valence-corrected chi connectivity index (χ4v) is 4.35. The number of carbonyl (C=O) groups is 1. The van der Waals surface area contributed by atoms with Crippen molar-refractivity contribution in [2.75, 3.05) is 19.0 Å². The number of anilines is 2. The molecule has 0 saturated heterocycles. The Morgan fingerprint density at radius 1 is 1.18 bits per heavy atom. The number of carbonyl (C=O) groups excluding carboxylic acids is 1. The van der Waals surface area contributed by atoms with Crippen LogP contribution in [0.2, 0.25) is 0 Å². The van der Waals surface area contributed by atoms with Gasteiger partial charge in [-0.15, -0.1) is 0 Å². The van der Waals surface area contributed by atoms with Crippen LogP contribution in [0.3, 0.4) is 0 Å². The number of ether oxygens (including phenoxy) is 2. The molecule has 1 saturated carbocycles. The van der Waals surface area contributed by atoms with Gasteiger partial charge in [-0.1, -0.05) is 12.1 Å². The Kier molecular flexibility index (Phi) is 6.79. The molecule has 5 rings (SSSR count). The zero-order chi connectivity index (χ0) is 26.8. The molecule has 1 fully saturated rings. The maximum atomic E-state index is 12.4. The van der Waals surface area contributed by atoms with Crippen molar-refractivity contribution in [2.45, 2.75) is 40.2 Å². The highest BCUT2D eigenvalue weighted by molar-refractivity contribution is 5.92. The van der Waals surface area contributed by atoms with Crippen molar-refractivity contribution in [1.29, 1.82) is 5.26 Å². The number of nitrogens with one attached hydrogen (secondary N) is 1. The molecule has 11 nitrogen and oxygen atoms in total. The van der Waals surface area contributed by atoms with E-state index in [0.29, 0.717) is 57.3 Å². The Bertz CT molecular complexity index is 1530. The van der Waals surface area contributed by atoms with Gasteiger partial charge in [-0.25, -0.2) is 24.1 Å². The first-order valence-electron chi connectivity index (χ1n) is 12.4. The summed E-state index contributed by atoms with van der Waals surface area (Å²) in [6.45, 7) is 6.37. The van der Waals surface area contributed by atoms with Gasteiger partial charge in [0.25, 0.3) is 0 Å². The fourth-order valence-electron chi connectivity index (χ4n) is 4.35. The Morgan fingerprint density at radius 3 is 2.61 bits per heavy atom. The number of esters is 1. The zero-order valence-electron chi connectivity index (χ0n) is 21.7. The van der Waals surface area contributed by atoms with E-state index in [4.69, 9.17) is 19.8 Å². The molecule has 3 aromatic heterocycles. The highest BCUT2D eigenvalue weighted by atomic mass is 16.5. The third-order valence-corrected chi connectivity index (χ3v) is 6.42. The summed E-state index contributed by atoms with van der Waals surface area (Å²) >= 11 is 0. The predicted octanol–water partition coefficient (Wildman–Crippen LogP) is 4.35. The van der Waals surface area contributed by atoms with Crippen LogP contribution in [0.1, 0.15) is 47.1 Å². The number of rotatable bonds is 9. The first-order valence-corrected chi connectivity index (χ1v) is 12.4. The average Bonchev–Trinajstić information content (AvgIpc) is 3.60. The minimum Gasteiger partial charge on any atom is -0.491 e. The van der Waals surface area contributed by atoms with E-state index >= 15 is 0 Å². The van der Waals surface area contributed by atoms with Crippen molar-refractivity contribution < 1.29 is 14.3 Å². The Balaban J connectivity index is 1.52. The van der Waals surface area contributed by atoms with E-state index in [1.165, 1.54) is 6.33 Å². The van der Waals surface area contributed by atoms with Gasteiger partial charge in [0, 0.05) is 18.2 Å². The van der Waals surface area contributed by atoms with Gasteiger partial charge in [0.05, 0.1) is 36.7 Å². The minimum atomic E-state index is -0.412. The van der Waals surface area contributed by atoms with E-state index in [2.05, 4.69) is 26.5 Å². The Morgan fingerprint density at radius 2 is 1.95 bits per heavy atom. The summed E-state index contributed by atoms with van der Waals surface area (Å²) < 4.78 is 14.5. The van der Waals surface area contributed by atoms with Crippen molar-refractivity contribution in [3.63, 3.8) is 0 Å². The van der Waals surface area contributed by atoms with Gasteiger partial charge in [0.1, 0.15) is 23.4 Å². The third kappa shape index (κ3) is 4.80. The molecule has 0 amide bonds. The molecule has 0 bridgehead atoms. The van der Waals surface area contributed by atoms with E-state index in [1.807, 2.05) is 16.8 Å². The maximum Gasteiger partial charge on any atom is 0.341 e. The molecular weight excluding hydrogens is 484 g/mol. The van der Waals surface area contributed by atoms with E-state index in [9.17, 15) is 4.79 Å². The molecule has 1 aliphatic carbocycles. The molecule has 11 heteroatoms. The number of hydrogen-bond acceptors (Lipinski definition) is 9. The maximum absolute atomic E-state index is 12.4. The van der Waals surface area contributed by atoms with Gasteiger partial charge >= 0.3 is 5.97 Å². The fraction of sp³-hybridized carbons (Fsp3) is 0.333. The number of nitriles is 1. The van der Waals surface area contributed by atoms with Crippen LogP contribution in [0, 0.1) is 31.1 Å². The van der Waals surface area contributed by atoms with E-state index in [1.54, 1.807) is 50.8 Å². The summed E-state index contributed by atoms with van der Waals surface area (Å²) in [6, 6.07) is 11.1. The largest absolute Gasteiger partial charge is 0.491 e. The van der Waals surface area contributed by atoms with Crippen LogP contribution in [0.4, 0.5) is 11.6 Å². The lowest BCUT2D eigenvalue weighted by Crippen LogP contribution is -2.10. The minimum absolute atomic E-state index is 0.283. The van der Waals surface area contributed by atoms with Crippen LogP contribution in [-0.4, -0.2) is 49.2 Å². The van der Waals surface area contributed by atoms with Crippen LogP contribution in [0.15, 0.2) is 36.7 Å². The van der Waals surface area contributed by atoms with Gasteiger partial charge < -0.3 is 14.8 Å². The molecule has 4 aromatic rings. The molecule has 1 aliphatic rings. The van der Waals surface area contributed by atoms with Gasteiger partial charge in [-0.3, -0.25) is 0 Å². The van der Waals surface area contributed by atoms with Crippen LogP contribution in [0.25, 0.3) is 17.1 Å². The van der Waals surface area contributed by atoms with Crippen LogP contribution in [0.5, 0.6) is 5.75 Å². The van der Waals surface area contributed by atoms with Crippen molar-refractivity contribution >= 4 is 17.6 Å². The molecule has 38 heavy (non-hydrogen) atoms. The quantitative estimate of drug-likeness (QED) is 0.325. The molecule has 0 radical (unpaired) electrons. The average molecular weight is 513 g/mol. The van der Waals surface area contributed by atoms with Gasteiger partial charge in [-0.05, 0) is 51.7 Å². The molecule has 194 valence electrons. The van der Waals surface area contributed by atoms with Crippen molar-refractivity contribution in [1.82, 2.24) is 29.5 Å². The van der Waals surface area contributed by atoms with E-state index < -0.39 is 5.97 Å². The number of aromatic nitrogens is 6. The number of benzene rings is 1. The second-order valence-electron chi connectivity index (χ2n) is 9.11. The summed E-state index contributed by atoms with van der Waals surface area (Å²) in [7, 11) is 1.61. The number of methoxy groups -OCH3 is 1. The number of nitrogens with zero attached hydrogens (tertiary/aromatic N) is 7. The molecule has 0 unspecified atom stereocenters. The second kappa shape index (κ2) is 10.3. The lowest BCUT2D eigenvalue weighted by Gasteiger charge is -2.12. The van der Waals surface area contributed by atoms with Crippen LogP contribution < -0.4 is 10.1 Å². The third-order valence-electron chi connectivity index (χ3n) is 6.42. The van der Waals surface area contributed by atoms with Crippen molar-refractivity contribution in [3.8, 4) is 28.9 Å². The SMILES string of the molecule is CCOC(=O)c1c(C)nn(-c2cc(Nc3c(OC)c(-c4ccc(C#N)cc4)nn3CC3CC3)ncn2)c1C. The summed E-state index contributed by atoms with van der Waals surface area (Å²) in [5, 5.41) is 21.9. The first kappa shape index (κ1) is 25.0. The van der Waals surface area contributed by atoms with Crippen molar-refractivity contribution in [3.05, 3.63) is 59.2 Å². The van der Waals surface area contributed by atoms with Crippen LogP contribution >= 0.6 is 0 Å². The van der Waals surface area contributed by atoms with Crippen LogP contribution in [-0.2, 0) is 11.3 Å². The molecule has 3 heterocycles. The van der Waals surface area contributed by atoms with E-state index in [-0.39, 0.29) is 6.61 Å². The summed E-state index contributed by atoms with van der Waals surface area (Å²) in [5.74, 6) is 2.41. The lowest BCUT2D eigenvalue weighted by atomic mass is 10.1. The smallest absolute Gasteiger partial charge is 0.341 e. The standard InChI is InChI=1S/C27H28N8O3/c1-5-38-27(36)23-16(2)32-35(17(23)3)22-12-21(29-15-30-22)31-26-25(37-4)24(33-34(26)14-19-6-7-19)20-10-8-18(13-28)9-11-20/h8-12,15,19H,5-7,14H2,1-4H3,(H,29,30,31). The number of aryl methyl sites for hydroxylation is 1. The monoisotopic (exact) mass is 512 g/mol. The molecule has 0 aliphatic heterocycles. The second-order valence-corrected chi connectivity index (χ2v) is 9.11. The van der Waals surface area contributed by atoms with Gasteiger partial charge in [0.15, 0.2) is 17.4 Å². The number of hydrogen-bond donors (Lipinski definition) is 1. The Labute approximate surface area is 220 Å². The molecular formula is C27H28N8O3. The summed E-state index contributed by atoms with van der Waals surface area (Å²) in [5.41, 5.74) is 3.71. The zero-order valence-corrected chi connectivity index (χ0v) is 21.7. The molecule has 1 aromatic carbocycles. The summed E-state index contributed by atoms with van der Waals surface area (Å²) in [6.07, 6.45) is 3.76. The highest BCUT2D eigenvalue weighted by Gasteiger charge is 2.28. The predicted molar refractivity (Wildman–Crippen MR) is 140 cm³/mol. The lowest BCUT2D eigenvalue weighted by molar-refractivity contribution is 0.0524. The molecule has 1 N–H and O–H groups in total. The summed E-state index contributed by atoms with van der Waals surface area (Å²) in [4.78, 5) is 21.2. The van der Waals surface area contributed by atoms with Gasteiger partial charge in [0.2, 0.25) is 0 Å². The first-order chi connectivity index (χ1) is 18.4. The van der Waals surface area contributed by atoms with Crippen molar-refractivity contribution in [2.24, 2.45) is 5.92 Å². The Hall–Kier alpha value is -4.72. The molecule has 0 atom stereocenters. The molecule has 0 spiro atoms. The van der Waals surface area contributed by atoms with E-state index in [0.717, 1.165) is 24.9 Å². The highest BCUT2D eigenvalue weighted by Crippen LogP contribution is 2.40.